The molecule has 0 atom stereocenters. The zero-order valence-corrected chi connectivity index (χ0v) is 26.5. The first-order valence-electron chi connectivity index (χ1n) is 14.6. The topological polar surface area (TPSA) is 18.5 Å². The molecule has 0 heterocycles. The highest BCUT2D eigenvalue weighted by molar-refractivity contribution is 6.35. The summed E-state index contributed by atoms with van der Waals surface area (Å²) < 4.78 is 13.2. The van der Waals surface area contributed by atoms with Crippen LogP contribution in [-0.2, 0) is 0 Å². The van der Waals surface area contributed by atoms with Crippen LogP contribution in [-0.4, -0.2) is 19.5 Å². The van der Waals surface area contributed by atoms with Crippen LogP contribution in [0, 0.1) is 0 Å². The first-order chi connectivity index (χ1) is 20.9. The highest BCUT2D eigenvalue weighted by Gasteiger charge is 2.15. The number of hydrogen-bond donors (Lipinski definition) is 0. The van der Waals surface area contributed by atoms with Gasteiger partial charge in [0, 0.05) is 11.1 Å². The van der Waals surface area contributed by atoms with Crippen LogP contribution in [0.3, 0.4) is 0 Å². The number of benzene rings is 6. The van der Waals surface area contributed by atoms with Gasteiger partial charge in [-0.1, -0.05) is 146 Å². The Hall–Kier alpha value is -4.65. The lowest BCUT2D eigenvalue weighted by Gasteiger charge is -2.18. The molecule has 0 saturated heterocycles. The van der Waals surface area contributed by atoms with E-state index in [9.17, 15) is 0 Å². The van der Waals surface area contributed by atoms with E-state index in [4.69, 9.17) is 8.85 Å². The average Bonchev–Trinajstić information content (AvgIpc) is 3.07. The summed E-state index contributed by atoms with van der Waals surface area (Å²) in [5.74, 6) is 1.97. The number of rotatable bonds is 11. The third-order valence-corrected chi connectivity index (χ3v) is 11.0. The first-order valence-corrected chi connectivity index (χ1v) is 17.8. The smallest absolute Gasteiger partial charge is 0.219 e. The summed E-state index contributed by atoms with van der Waals surface area (Å²) in [6, 6.07) is 57.4. The van der Waals surface area contributed by atoms with Gasteiger partial charge in [0.2, 0.25) is 19.5 Å². The molecular formula is C38H34O2Si2. The molecule has 6 aromatic rings. The quantitative estimate of drug-likeness (QED) is 0.113. The lowest BCUT2D eigenvalue weighted by molar-refractivity contribution is 0.584. The van der Waals surface area contributed by atoms with Crippen LogP contribution in [0.15, 0.2) is 158 Å². The molecule has 0 N–H and O–H groups in total. The van der Waals surface area contributed by atoms with Gasteiger partial charge in [-0.2, -0.15) is 0 Å². The molecule has 0 aliphatic rings. The van der Waals surface area contributed by atoms with E-state index < -0.39 is 19.5 Å². The van der Waals surface area contributed by atoms with Gasteiger partial charge in [-0.05, 0) is 57.6 Å². The summed E-state index contributed by atoms with van der Waals surface area (Å²) in [5, 5.41) is 0. The molecule has 0 saturated carbocycles. The molecule has 42 heavy (non-hydrogen) atoms. The highest BCUT2D eigenvalue weighted by Crippen LogP contribution is 2.40. The molecule has 0 aliphatic carbocycles. The van der Waals surface area contributed by atoms with Gasteiger partial charge in [-0.25, -0.2) is 0 Å². The van der Waals surface area contributed by atoms with E-state index in [2.05, 4.69) is 158 Å². The molecule has 0 aromatic heterocycles. The van der Waals surface area contributed by atoms with Crippen LogP contribution in [0.4, 0.5) is 0 Å². The predicted octanol–water partition coefficient (Wildman–Crippen LogP) is 8.82. The number of hydrogen-bond acceptors (Lipinski definition) is 2. The summed E-state index contributed by atoms with van der Waals surface area (Å²) in [4.78, 5) is 0. The molecule has 0 unspecified atom stereocenters. The van der Waals surface area contributed by atoms with Gasteiger partial charge < -0.3 is 8.85 Å². The standard InChI is InChI=1S/C38H34O2Si2/c1-5-15-29(16-6-1)33-23-13-25-35(37(33)31-19-9-3-10-20-31)39-41-27-28-42-40-36-26-14-24-34(30-17-7-2-8-18-30)38(36)32-21-11-4-12-22-32/h1-26H,27-28,41-42H2. The second-order valence-electron chi connectivity index (χ2n) is 10.2. The molecule has 0 bridgehead atoms. The molecular weight excluding hydrogens is 545 g/mol. The minimum Gasteiger partial charge on any atom is -0.549 e. The van der Waals surface area contributed by atoms with Crippen molar-refractivity contribution >= 4 is 19.5 Å². The molecule has 0 aliphatic heterocycles. The van der Waals surface area contributed by atoms with E-state index in [0.29, 0.717) is 0 Å². The van der Waals surface area contributed by atoms with Gasteiger partial charge >= 0.3 is 0 Å². The Balaban J connectivity index is 1.15. The monoisotopic (exact) mass is 578 g/mol. The maximum Gasteiger partial charge on any atom is 0.219 e. The van der Waals surface area contributed by atoms with E-state index in [1.165, 1.54) is 44.5 Å². The van der Waals surface area contributed by atoms with Crippen LogP contribution in [0.5, 0.6) is 11.5 Å². The van der Waals surface area contributed by atoms with Crippen molar-refractivity contribution < 1.29 is 8.85 Å². The van der Waals surface area contributed by atoms with Crippen LogP contribution in [0.1, 0.15) is 0 Å². The second-order valence-corrected chi connectivity index (χ2v) is 13.0. The van der Waals surface area contributed by atoms with E-state index in [1.807, 2.05) is 0 Å². The molecule has 0 spiro atoms. The van der Waals surface area contributed by atoms with Gasteiger partial charge in [-0.15, -0.1) is 0 Å². The van der Waals surface area contributed by atoms with E-state index in [1.54, 1.807) is 0 Å². The van der Waals surface area contributed by atoms with Gasteiger partial charge in [0.25, 0.3) is 0 Å². The molecule has 6 aromatic carbocycles. The lowest BCUT2D eigenvalue weighted by Crippen LogP contribution is -2.08. The van der Waals surface area contributed by atoms with Crippen molar-refractivity contribution in [1.82, 2.24) is 0 Å². The van der Waals surface area contributed by atoms with Crippen LogP contribution < -0.4 is 8.85 Å². The first kappa shape index (κ1) is 27.5. The fourth-order valence-electron chi connectivity index (χ4n) is 5.39. The van der Waals surface area contributed by atoms with Gasteiger partial charge in [0.1, 0.15) is 11.5 Å². The fourth-order valence-corrected chi connectivity index (χ4v) is 8.24. The van der Waals surface area contributed by atoms with Gasteiger partial charge in [-0.3, -0.25) is 0 Å². The summed E-state index contributed by atoms with van der Waals surface area (Å²) in [6.45, 7) is 0. The van der Waals surface area contributed by atoms with E-state index >= 15 is 0 Å². The normalized spacial score (nSPS) is 11.3. The Morgan fingerprint density at radius 2 is 0.667 bits per heavy atom. The van der Waals surface area contributed by atoms with Crippen molar-refractivity contribution in [3.05, 3.63) is 158 Å². The zero-order valence-electron chi connectivity index (χ0n) is 23.7. The Kier molecular flexibility index (Phi) is 9.05. The molecule has 4 heteroatoms. The third-order valence-electron chi connectivity index (χ3n) is 7.40. The van der Waals surface area contributed by atoms with Crippen molar-refractivity contribution in [2.45, 2.75) is 12.1 Å². The summed E-state index contributed by atoms with van der Waals surface area (Å²) in [7, 11) is -1.53. The minimum atomic E-state index is -0.764. The highest BCUT2D eigenvalue weighted by atomic mass is 28.2. The van der Waals surface area contributed by atoms with Crippen molar-refractivity contribution in [2.24, 2.45) is 0 Å². The van der Waals surface area contributed by atoms with Crippen LogP contribution in [0.2, 0.25) is 12.1 Å². The molecule has 2 nitrogen and oxygen atoms in total. The fraction of sp³-hybridized carbons (Fsp3) is 0.0526. The van der Waals surface area contributed by atoms with Crippen molar-refractivity contribution in [3.63, 3.8) is 0 Å². The Labute approximate surface area is 253 Å². The maximum absolute atomic E-state index is 6.58. The lowest BCUT2D eigenvalue weighted by atomic mass is 9.94. The Bertz CT molecular complexity index is 1580. The van der Waals surface area contributed by atoms with E-state index in [-0.39, 0.29) is 0 Å². The molecule has 0 amide bonds. The summed E-state index contributed by atoms with van der Waals surface area (Å²) in [6.07, 6.45) is 0. The molecule has 0 fully saturated rings. The Morgan fingerprint density at radius 3 is 1.02 bits per heavy atom. The largest absolute Gasteiger partial charge is 0.549 e. The van der Waals surface area contributed by atoms with Crippen LogP contribution in [0.25, 0.3) is 44.5 Å². The van der Waals surface area contributed by atoms with Crippen molar-refractivity contribution in [2.75, 3.05) is 0 Å². The van der Waals surface area contributed by atoms with Gasteiger partial charge in [0.15, 0.2) is 0 Å². The molecule has 206 valence electrons. The zero-order chi connectivity index (χ0) is 28.4. The van der Waals surface area contributed by atoms with Crippen molar-refractivity contribution in [3.8, 4) is 56.0 Å². The molecule has 6 rings (SSSR count). The second kappa shape index (κ2) is 13.8. The predicted molar refractivity (Wildman–Crippen MR) is 183 cm³/mol. The van der Waals surface area contributed by atoms with E-state index in [0.717, 1.165) is 23.6 Å². The maximum atomic E-state index is 6.58. The average molecular weight is 579 g/mol. The summed E-state index contributed by atoms with van der Waals surface area (Å²) >= 11 is 0. The SMILES string of the molecule is c1ccc(-c2cccc(O[SiH2]CC[SiH2]Oc3cccc(-c4ccccc4)c3-c3ccccc3)c2-c2ccccc2)cc1. The third kappa shape index (κ3) is 6.46. The van der Waals surface area contributed by atoms with Crippen molar-refractivity contribution in [1.29, 1.82) is 0 Å². The van der Waals surface area contributed by atoms with Crippen LogP contribution >= 0.6 is 0 Å². The molecule has 0 radical (unpaired) electrons. The minimum absolute atomic E-state index is 0.764. The Morgan fingerprint density at radius 1 is 0.333 bits per heavy atom. The summed E-state index contributed by atoms with van der Waals surface area (Å²) in [5.41, 5.74) is 9.55. The van der Waals surface area contributed by atoms with Gasteiger partial charge in [0.05, 0.1) is 0 Å².